The van der Waals surface area contributed by atoms with Gasteiger partial charge in [-0.05, 0) is 68.1 Å². The van der Waals surface area contributed by atoms with Crippen molar-refractivity contribution in [3.8, 4) is 0 Å². The second-order valence-electron chi connectivity index (χ2n) is 9.71. The van der Waals surface area contributed by atoms with E-state index in [1.165, 1.54) is 89.9 Å². The lowest BCUT2D eigenvalue weighted by molar-refractivity contribution is 0.328. The van der Waals surface area contributed by atoms with Crippen LogP contribution in [0.3, 0.4) is 0 Å². The van der Waals surface area contributed by atoms with Gasteiger partial charge in [-0.15, -0.1) is 0 Å². The third-order valence-corrected chi connectivity index (χ3v) is 7.50. The molecule has 0 aliphatic heterocycles. The fourth-order valence-electron chi connectivity index (χ4n) is 5.62. The molecule has 3 aliphatic carbocycles. The van der Waals surface area contributed by atoms with Crippen LogP contribution in [0.15, 0.2) is 11.6 Å². The van der Waals surface area contributed by atoms with E-state index in [1.807, 2.05) is 5.57 Å². The Hall–Kier alpha value is -0.260. The Balaban J connectivity index is 1.39. The van der Waals surface area contributed by atoms with Crippen LogP contribution >= 0.6 is 0 Å². The minimum absolute atomic E-state index is 0.910. The Morgan fingerprint density at radius 3 is 2.54 bits per heavy atom. The van der Waals surface area contributed by atoms with Crippen LogP contribution < -0.4 is 0 Å². The summed E-state index contributed by atoms with van der Waals surface area (Å²) >= 11 is 0. The van der Waals surface area contributed by atoms with Crippen molar-refractivity contribution in [2.45, 2.75) is 110 Å². The van der Waals surface area contributed by atoms with Gasteiger partial charge in [0.2, 0.25) is 0 Å². The van der Waals surface area contributed by atoms with Crippen molar-refractivity contribution in [1.29, 1.82) is 0 Å². The van der Waals surface area contributed by atoms with Gasteiger partial charge in [-0.2, -0.15) is 0 Å². The second-order valence-corrected chi connectivity index (χ2v) is 9.71. The summed E-state index contributed by atoms with van der Waals surface area (Å²) in [4.78, 5) is 0. The molecule has 2 fully saturated rings. The molecule has 0 heterocycles. The number of hydrogen-bond donors (Lipinski definition) is 0. The highest BCUT2D eigenvalue weighted by Crippen LogP contribution is 2.49. The number of rotatable bonds is 5. The van der Waals surface area contributed by atoms with Gasteiger partial charge in [0.25, 0.3) is 0 Å². The standard InChI is InChI=1S/C24H42/c1-19(13-15-21-9-6-4-3-5-7-10-21)17-22-11-8-12-23-18-24(23)20(2)14-16-22/h11,19-21,23-24H,3-10,12-18H2,1-2H3. The molecule has 24 heavy (non-hydrogen) atoms. The van der Waals surface area contributed by atoms with Crippen LogP contribution in [-0.4, -0.2) is 0 Å². The van der Waals surface area contributed by atoms with Crippen molar-refractivity contribution in [2.24, 2.45) is 29.6 Å². The molecule has 4 unspecified atom stereocenters. The zero-order valence-electron chi connectivity index (χ0n) is 16.6. The average molecular weight is 331 g/mol. The quantitative estimate of drug-likeness (QED) is 0.449. The summed E-state index contributed by atoms with van der Waals surface area (Å²) in [5.74, 6) is 5.13. The molecule has 0 aromatic carbocycles. The molecule has 0 N–H and O–H groups in total. The van der Waals surface area contributed by atoms with Gasteiger partial charge in [0.1, 0.15) is 0 Å². The zero-order chi connectivity index (χ0) is 16.8. The highest BCUT2D eigenvalue weighted by molar-refractivity contribution is 5.06. The Labute approximate surface area is 151 Å². The van der Waals surface area contributed by atoms with Gasteiger partial charge in [0, 0.05) is 0 Å². The van der Waals surface area contributed by atoms with Gasteiger partial charge in [-0.3, -0.25) is 0 Å². The first kappa shape index (κ1) is 18.5. The number of allylic oxidation sites excluding steroid dienone is 2. The Kier molecular flexibility index (Phi) is 7.29. The number of hydrogen-bond acceptors (Lipinski definition) is 0. The van der Waals surface area contributed by atoms with Crippen LogP contribution in [0.2, 0.25) is 0 Å². The van der Waals surface area contributed by atoms with E-state index >= 15 is 0 Å². The predicted octanol–water partition coefficient (Wildman–Crippen LogP) is 7.93. The summed E-state index contributed by atoms with van der Waals surface area (Å²) in [5, 5.41) is 0. The van der Waals surface area contributed by atoms with E-state index < -0.39 is 0 Å². The smallest absolute Gasteiger partial charge is 0.0294 e. The summed E-state index contributed by atoms with van der Waals surface area (Å²) in [7, 11) is 0. The first-order chi connectivity index (χ1) is 11.7. The van der Waals surface area contributed by atoms with Crippen molar-refractivity contribution >= 4 is 0 Å². The van der Waals surface area contributed by atoms with Crippen LogP contribution in [0.5, 0.6) is 0 Å². The third-order valence-electron chi connectivity index (χ3n) is 7.50. The van der Waals surface area contributed by atoms with Crippen LogP contribution in [0.4, 0.5) is 0 Å². The van der Waals surface area contributed by atoms with Gasteiger partial charge in [0.05, 0.1) is 0 Å². The molecule has 0 aromatic heterocycles. The van der Waals surface area contributed by atoms with E-state index in [2.05, 4.69) is 19.9 Å². The molecular formula is C24H42. The number of fused-ring (bicyclic) bond motifs is 1. The molecule has 0 nitrogen and oxygen atoms in total. The maximum Gasteiger partial charge on any atom is -0.0294 e. The van der Waals surface area contributed by atoms with Crippen LogP contribution in [0.25, 0.3) is 0 Å². The van der Waals surface area contributed by atoms with E-state index in [9.17, 15) is 0 Å². The molecule has 0 bridgehead atoms. The fourth-order valence-corrected chi connectivity index (χ4v) is 5.62. The molecule has 3 aliphatic rings. The minimum Gasteiger partial charge on any atom is -0.0853 e. The van der Waals surface area contributed by atoms with Gasteiger partial charge in [0.15, 0.2) is 0 Å². The van der Waals surface area contributed by atoms with E-state index in [4.69, 9.17) is 0 Å². The molecule has 0 aromatic rings. The highest BCUT2D eigenvalue weighted by Gasteiger charge is 2.40. The Morgan fingerprint density at radius 2 is 1.75 bits per heavy atom. The van der Waals surface area contributed by atoms with E-state index in [-0.39, 0.29) is 0 Å². The Bertz CT molecular complexity index is 385. The largest absolute Gasteiger partial charge is 0.0853 e. The highest BCUT2D eigenvalue weighted by atomic mass is 14.4. The first-order valence-corrected chi connectivity index (χ1v) is 11.4. The van der Waals surface area contributed by atoms with Crippen molar-refractivity contribution in [3.05, 3.63) is 11.6 Å². The normalized spacial score (nSPS) is 33.9. The van der Waals surface area contributed by atoms with Gasteiger partial charge >= 0.3 is 0 Å². The average Bonchev–Trinajstić information content (AvgIpc) is 3.29. The molecule has 2 saturated carbocycles. The predicted molar refractivity (Wildman–Crippen MR) is 106 cm³/mol. The van der Waals surface area contributed by atoms with Gasteiger partial charge < -0.3 is 0 Å². The van der Waals surface area contributed by atoms with Gasteiger partial charge in [-0.25, -0.2) is 0 Å². The molecule has 0 radical (unpaired) electrons. The molecule has 0 amide bonds. The Morgan fingerprint density at radius 1 is 1.00 bits per heavy atom. The molecule has 3 rings (SSSR count). The van der Waals surface area contributed by atoms with E-state index in [0.717, 1.165) is 29.6 Å². The topological polar surface area (TPSA) is 0 Å². The summed E-state index contributed by atoms with van der Waals surface area (Å²) in [5.41, 5.74) is 1.81. The maximum absolute atomic E-state index is 2.65. The molecule has 4 atom stereocenters. The SMILES string of the molecule is CC(CCC1CCCCCCC1)CC1=CCCC2CC2C(C)CC1. The van der Waals surface area contributed by atoms with Crippen molar-refractivity contribution in [2.75, 3.05) is 0 Å². The van der Waals surface area contributed by atoms with Crippen molar-refractivity contribution in [3.63, 3.8) is 0 Å². The molecule has 0 saturated heterocycles. The molecular weight excluding hydrogens is 288 g/mol. The van der Waals surface area contributed by atoms with Crippen LogP contribution in [-0.2, 0) is 0 Å². The minimum atomic E-state index is 0.910. The lowest BCUT2D eigenvalue weighted by Gasteiger charge is -2.22. The summed E-state index contributed by atoms with van der Waals surface area (Å²) in [6.45, 7) is 5.04. The van der Waals surface area contributed by atoms with Crippen LogP contribution in [0, 0.1) is 29.6 Å². The fraction of sp³-hybridized carbons (Fsp3) is 0.917. The monoisotopic (exact) mass is 330 g/mol. The zero-order valence-corrected chi connectivity index (χ0v) is 16.6. The summed E-state index contributed by atoms with van der Waals surface area (Å²) in [6.07, 6.45) is 24.8. The summed E-state index contributed by atoms with van der Waals surface area (Å²) in [6, 6.07) is 0. The second kappa shape index (κ2) is 9.44. The lowest BCUT2D eigenvalue weighted by atomic mass is 9.84. The maximum atomic E-state index is 2.65. The lowest BCUT2D eigenvalue weighted by Crippen LogP contribution is -2.07. The van der Waals surface area contributed by atoms with E-state index in [0.29, 0.717) is 0 Å². The van der Waals surface area contributed by atoms with Gasteiger partial charge in [-0.1, -0.05) is 83.3 Å². The van der Waals surface area contributed by atoms with Crippen molar-refractivity contribution in [1.82, 2.24) is 0 Å². The molecule has 138 valence electrons. The third kappa shape index (κ3) is 5.92. The molecule has 0 spiro atoms. The summed E-state index contributed by atoms with van der Waals surface area (Å²) < 4.78 is 0. The van der Waals surface area contributed by atoms with Crippen LogP contribution in [0.1, 0.15) is 110 Å². The van der Waals surface area contributed by atoms with Crippen molar-refractivity contribution < 1.29 is 0 Å². The van der Waals surface area contributed by atoms with E-state index in [1.54, 1.807) is 6.42 Å². The molecule has 0 heteroatoms. The first-order valence-electron chi connectivity index (χ1n) is 11.4.